The molecule has 0 bridgehead atoms. The minimum absolute atomic E-state index is 0.188. The highest BCUT2D eigenvalue weighted by Crippen LogP contribution is 2.25. The molecule has 112 valence electrons. The Labute approximate surface area is 123 Å². The first-order valence-electron chi connectivity index (χ1n) is 6.80. The highest BCUT2D eigenvalue weighted by atomic mass is 16.4. The minimum atomic E-state index is -0.988. The van der Waals surface area contributed by atoms with Crippen LogP contribution in [0.25, 0.3) is 0 Å². The van der Waals surface area contributed by atoms with E-state index in [0.29, 0.717) is 30.6 Å². The first-order valence-corrected chi connectivity index (χ1v) is 6.80. The summed E-state index contributed by atoms with van der Waals surface area (Å²) in [5.74, 6) is -1.52. The van der Waals surface area contributed by atoms with E-state index >= 15 is 0 Å². The van der Waals surface area contributed by atoms with Crippen LogP contribution in [-0.2, 0) is 9.59 Å². The predicted octanol–water partition coefficient (Wildman–Crippen LogP) is 1.36. The van der Waals surface area contributed by atoms with Gasteiger partial charge in [0.25, 0.3) is 5.91 Å². The number of benzene rings is 1. The van der Waals surface area contributed by atoms with Crippen molar-refractivity contribution in [2.45, 2.75) is 25.8 Å². The lowest BCUT2D eigenvalue weighted by molar-refractivity contribution is -0.141. The van der Waals surface area contributed by atoms with Gasteiger partial charge in [-0.2, -0.15) is 0 Å². The van der Waals surface area contributed by atoms with Crippen LogP contribution >= 0.6 is 0 Å². The summed E-state index contributed by atoms with van der Waals surface area (Å²) in [6, 6.07) is 5.96. The molecule has 0 aliphatic carbocycles. The van der Waals surface area contributed by atoms with Crippen molar-refractivity contribution in [3.8, 4) is 0 Å². The van der Waals surface area contributed by atoms with E-state index in [1.54, 1.807) is 31.3 Å². The van der Waals surface area contributed by atoms with Crippen LogP contribution in [0.15, 0.2) is 24.3 Å². The Kier molecular flexibility index (Phi) is 4.26. The van der Waals surface area contributed by atoms with Crippen LogP contribution in [0.2, 0.25) is 0 Å². The average molecular weight is 290 g/mol. The summed E-state index contributed by atoms with van der Waals surface area (Å²) in [5.41, 5.74) is 0.842. The summed E-state index contributed by atoms with van der Waals surface area (Å²) < 4.78 is 0. The van der Waals surface area contributed by atoms with E-state index in [4.69, 9.17) is 0 Å². The topological polar surface area (TPSA) is 77.9 Å². The number of anilines is 1. The Morgan fingerprint density at radius 1 is 1.29 bits per heavy atom. The second-order valence-corrected chi connectivity index (χ2v) is 5.09. The fourth-order valence-electron chi connectivity index (χ4n) is 2.54. The number of carboxylic acids is 1. The number of hydrogen-bond acceptors (Lipinski definition) is 3. The Morgan fingerprint density at radius 3 is 2.57 bits per heavy atom. The van der Waals surface area contributed by atoms with Gasteiger partial charge in [0, 0.05) is 20.5 Å². The number of rotatable bonds is 3. The van der Waals surface area contributed by atoms with Crippen LogP contribution in [0, 0.1) is 0 Å². The van der Waals surface area contributed by atoms with Crippen LogP contribution in [-0.4, -0.2) is 47.4 Å². The van der Waals surface area contributed by atoms with Crippen LogP contribution in [0.5, 0.6) is 0 Å². The van der Waals surface area contributed by atoms with Gasteiger partial charge in [-0.15, -0.1) is 0 Å². The van der Waals surface area contributed by atoms with E-state index in [0.717, 1.165) is 0 Å². The molecule has 1 saturated heterocycles. The smallest absolute Gasteiger partial charge is 0.326 e. The van der Waals surface area contributed by atoms with Crippen molar-refractivity contribution >= 4 is 23.5 Å². The Morgan fingerprint density at radius 2 is 1.95 bits per heavy atom. The number of para-hydroxylation sites is 1. The molecule has 21 heavy (non-hydrogen) atoms. The number of carbonyl (C=O) groups excluding carboxylic acids is 2. The van der Waals surface area contributed by atoms with E-state index in [9.17, 15) is 19.5 Å². The van der Waals surface area contributed by atoms with Crippen molar-refractivity contribution < 1.29 is 19.5 Å². The van der Waals surface area contributed by atoms with Crippen molar-refractivity contribution in [3.05, 3.63) is 29.8 Å². The SMILES string of the molecule is CC(=O)N(C)c1ccccc1C(=O)N1CCCC1C(=O)O. The standard InChI is InChI=1S/C15H18N2O4/c1-10(18)16(2)12-7-4-3-6-11(12)14(19)17-9-5-8-13(17)15(20)21/h3-4,6-7,13H,5,8-9H2,1-2H3,(H,20,21). The fraction of sp³-hybridized carbons (Fsp3) is 0.400. The molecule has 1 aromatic rings. The molecule has 2 amide bonds. The molecule has 0 saturated carbocycles. The minimum Gasteiger partial charge on any atom is -0.480 e. The van der Waals surface area contributed by atoms with Gasteiger partial charge in [0.05, 0.1) is 11.3 Å². The van der Waals surface area contributed by atoms with Gasteiger partial charge in [-0.1, -0.05) is 12.1 Å². The second kappa shape index (κ2) is 5.95. The molecule has 6 heteroatoms. The van der Waals surface area contributed by atoms with Gasteiger partial charge in [-0.25, -0.2) is 4.79 Å². The maximum Gasteiger partial charge on any atom is 0.326 e. The van der Waals surface area contributed by atoms with Crippen molar-refractivity contribution in [3.63, 3.8) is 0 Å². The molecule has 1 fully saturated rings. The van der Waals surface area contributed by atoms with Crippen LogP contribution in [0.4, 0.5) is 5.69 Å². The number of likely N-dealkylation sites (tertiary alicyclic amines) is 1. The van der Waals surface area contributed by atoms with E-state index in [1.807, 2.05) is 0 Å². The summed E-state index contributed by atoms with van der Waals surface area (Å²) in [6.07, 6.45) is 1.14. The maximum atomic E-state index is 12.6. The highest BCUT2D eigenvalue weighted by molar-refractivity contribution is 6.05. The Bertz CT molecular complexity index is 585. The zero-order valence-electron chi connectivity index (χ0n) is 12.1. The van der Waals surface area contributed by atoms with Crippen LogP contribution < -0.4 is 4.90 Å². The zero-order valence-corrected chi connectivity index (χ0v) is 12.1. The molecule has 1 N–H and O–H groups in total. The summed E-state index contributed by atoms with van der Waals surface area (Å²) in [4.78, 5) is 38.1. The first-order chi connectivity index (χ1) is 9.93. The molecule has 0 aromatic heterocycles. The molecule has 6 nitrogen and oxygen atoms in total. The zero-order chi connectivity index (χ0) is 15.6. The quantitative estimate of drug-likeness (QED) is 0.911. The summed E-state index contributed by atoms with van der Waals surface area (Å²) >= 11 is 0. The monoisotopic (exact) mass is 290 g/mol. The van der Waals surface area contributed by atoms with Crippen molar-refractivity contribution in [1.29, 1.82) is 0 Å². The van der Waals surface area contributed by atoms with E-state index < -0.39 is 12.0 Å². The molecule has 1 aliphatic rings. The van der Waals surface area contributed by atoms with Gasteiger partial charge in [-0.05, 0) is 25.0 Å². The van der Waals surface area contributed by atoms with E-state index in [1.165, 1.54) is 16.7 Å². The normalized spacial score (nSPS) is 17.6. The molecular weight excluding hydrogens is 272 g/mol. The Hall–Kier alpha value is -2.37. The lowest BCUT2D eigenvalue weighted by Crippen LogP contribution is -2.41. The van der Waals surface area contributed by atoms with Crippen molar-refractivity contribution in [2.24, 2.45) is 0 Å². The van der Waals surface area contributed by atoms with Crippen molar-refractivity contribution in [2.75, 3.05) is 18.5 Å². The molecule has 1 heterocycles. The Balaban J connectivity index is 2.36. The summed E-state index contributed by atoms with van der Waals surface area (Å²) in [5, 5.41) is 9.19. The third kappa shape index (κ3) is 2.89. The number of nitrogens with zero attached hydrogens (tertiary/aromatic N) is 2. The predicted molar refractivity (Wildman–Crippen MR) is 77.2 cm³/mol. The van der Waals surface area contributed by atoms with Gasteiger partial charge >= 0.3 is 5.97 Å². The van der Waals surface area contributed by atoms with Gasteiger partial charge in [0.15, 0.2) is 0 Å². The number of aliphatic carboxylic acids is 1. The molecule has 1 aliphatic heterocycles. The third-order valence-corrected chi connectivity index (χ3v) is 3.77. The molecule has 0 radical (unpaired) electrons. The molecule has 1 aromatic carbocycles. The van der Waals surface area contributed by atoms with E-state index in [2.05, 4.69) is 0 Å². The number of carboxylic acid groups (broad SMARTS) is 1. The van der Waals surface area contributed by atoms with E-state index in [-0.39, 0.29) is 11.8 Å². The number of amides is 2. The third-order valence-electron chi connectivity index (χ3n) is 3.77. The van der Waals surface area contributed by atoms with Crippen molar-refractivity contribution in [1.82, 2.24) is 4.90 Å². The average Bonchev–Trinajstić information content (AvgIpc) is 2.95. The van der Waals surface area contributed by atoms with Gasteiger partial charge in [0.2, 0.25) is 5.91 Å². The number of carbonyl (C=O) groups is 3. The molecule has 1 atom stereocenters. The van der Waals surface area contributed by atoms with Gasteiger partial charge in [-0.3, -0.25) is 9.59 Å². The second-order valence-electron chi connectivity index (χ2n) is 5.09. The highest BCUT2D eigenvalue weighted by Gasteiger charge is 2.35. The molecule has 1 unspecified atom stereocenters. The maximum absolute atomic E-state index is 12.6. The lowest BCUT2D eigenvalue weighted by Gasteiger charge is -2.25. The lowest BCUT2D eigenvalue weighted by atomic mass is 10.1. The fourth-order valence-corrected chi connectivity index (χ4v) is 2.54. The first kappa shape index (κ1) is 15.0. The van der Waals surface area contributed by atoms with Gasteiger partial charge in [0.1, 0.15) is 6.04 Å². The van der Waals surface area contributed by atoms with Crippen LogP contribution in [0.3, 0.4) is 0 Å². The summed E-state index contributed by atoms with van der Waals surface area (Å²) in [6.45, 7) is 1.84. The largest absolute Gasteiger partial charge is 0.480 e. The molecule has 0 spiro atoms. The summed E-state index contributed by atoms with van der Waals surface area (Å²) in [7, 11) is 1.59. The number of hydrogen-bond donors (Lipinski definition) is 1. The van der Waals surface area contributed by atoms with Gasteiger partial charge < -0.3 is 14.9 Å². The molecular formula is C15H18N2O4. The van der Waals surface area contributed by atoms with Crippen LogP contribution in [0.1, 0.15) is 30.1 Å². The molecule has 2 rings (SSSR count).